The molecule has 0 radical (unpaired) electrons. The van der Waals surface area contributed by atoms with Crippen molar-refractivity contribution in [1.82, 2.24) is 29.7 Å². The third kappa shape index (κ3) is 5.59. The Morgan fingerprint density at radius 2 is 1.91 bits per heavy atom. The molecule has 1 amide bonds. The van der Waals surface area contributed by atoms with Crippen LogP contribution in [0.1, 0.15) is 6.23 Å². The van der Waals surface area contributed by atoms with Gasteiger partial charge in [0.05, 0.1) is 25.9 Å². The number of halogens is 1. The number of fused-ring (bicyclic) bond motifs is 5. The van der Waals surface area contributed by atoms with E-state index in [0.29, 0.717) is 0 Å². The quantitative estimate of drug-likeness (QED) is 0.161. The molecule has 2 aromatic heterocycles. The van der Waals surface area contributed by atoms with Gasteiger partial charge < -0.3 is 29.7 Å². The highest BCUT2D eigenvalue weighted by Gasteiger charge is 2.55. The third-order valence-corrected chi connectivity index (χ3v) is 10.6. The van der Waals surface area contributed by atoms with Crippen molar-refractivity contribution in [3.05, 3.63) is 12.7 Å². The number of hydrogen-bond donors (Lipinski definition) is 6. The number of amides is 1. The number of ether oxygens (including phenoxy) is 2. The lowest BCUT2D eigenvalue weighted by Crippen LogP contribution is -2.53. The van der Waals surface area contributed by atoms with E-state index in [-0.39, 0.29) is 22.8 Å². The summed E-state index contributed by atoms with van der Waals surface area (Å²) >= 11 is 9.20. The number of rotatable bonds is 2. The summed E-state index contributed by atoms with van der Waals surface area (Å²) in [4.78, 5) is 44.6. The lowest BCUT2D eigenvalue weighted by molar-refractivity contribution is -0.119. The highest BCUT2D eigenvalue weighted by atomic mass is 32.7. The molecule has 242 valence electrons. The van der Waals surface area contributed by atoms with Crippen LogP contribution in [0.5, 0.6) is 0 Å². The molecule has 5 aliphatic heterocycles. The zero-order chi connectivity index (χ0) is 31.8. The maximum atomic E-state index is 16.0. The van der Waals surface area contributed by atoms with E-state index >= 15 is 4.39 Å². The molecule has 0 saturated carbocycles. The van der Waals surface area contributed by atoms with Crippen molar-refractivity contribution in [2.75, 3.05) is 18.9 Å². The summed E-state index contributed by atoms with van der Waals surface area (Å²) in [6.45, 7) is -9.94. The van der Waals surface area contributed by atoms with Gasteiger partial charge in [0.1, 0.15) is 42.4 Å². The van der Waals surface area contributed by atoms with Crippen LogP contribution in [0.2, 0.25) is 0 Å². The van der Waals surface area contributed by atoms with Crippen LogP contribution < -0.4 is 11.1 Å². The number of alkyl halides is 1. The minimum Gasteiger partial charge on any atom is -0.387 e. The number of hydrogen-bond acceptors (Lipinski definition) is 17. The number of aliphatic hydroxyl groups excluding tert-OH is 1. The standard InChI is InChI=1S/C20H23FN10O10P2S2/c21-8-12-7(39-18(8)30-4-26-9-14(22)24-3-25-15(9)30)2-37-43(35,45)41-13-11(32)6(1-36-42(34,44)40-12)38-19(13)31-5-27-10-16(31)28-20(23)29-17(10)33/h3-8,10-13,18-19,32H,1-2H2,(H,34,44)(H,35,45)(H2,22,24,25)(H2,23,29,33)/t6-,7-,8+,10?,11?,12?,13+,18-,19-,42?,43?/m1/s1. The first-order valence-corrected chi connectivity index (χ1v) is 18.3. The molecule has 3 saturated heterocycles. The number of carbonyl (C=O) groups excluding carboxylic acids is 1. The number of nitrogens with two attached hydrogens (primary N) is 1. The summed E-state index contributed by atoms with van der Waals surface area (Å²) < 4.78 is 64.6. The molecule has 5 aliphatic rings. The molecule has 5 unspecified atom stereocenters. The fraction of sp³-hybridized carbons (Fsp3) is 0.550. The van der Waals surface area contributed by atoms with Gasteiger partial charge in [-0.1, -0.05) is 12.2 Å². The van der Waals surface area contributed by atoms with Crippen LogP contribution in [-0.4, -0.2) is 121 Å². The molecular weight excluding hydrogens is 685 g/mol. The predicted octanol–water partition coefficient (Wildman–Crippen LogP) is -1.02. The molecular formula is C20H23FN10O10P2S2. The highest BCUT2D eigenvalue weighted by molar-refractivity contribution is 8.44. The van der Waals surface area contributed by atoms with E-state index in [0.717, 1.165) is 6.33 Å². The first kappa shape index (κ1) is 31.1. The van der Waals surface area contributed by atoms with Gasteiger partial charge >= 0.3 is 13.5 Å². The lowest BCUT2D eigenvalue weighted by Gasteiger charge is -2.31. The SMILES string of the molecule is N=C1N=C2C(N=CN2[C@@H]2O[C@@H]3COP(O)(=S)OC4[C@@H](COP(=O)(S)O[C@H]2C3O)O[C@@H](n2cnc3c(N)ncnc32)[C@H]4F)C(=O)N1. The fourth-order valence-corrected chi connectivity index (χ4v) is 8.26. The smallest absolute Gasteiger partial charge is 0.386 e. The first-order valence-electron chi connectivity index (χ1n) is 13.0. The lowest BCUT2D eigenvalue weighted by atomic mass is 10.1. The molecule has 45 heavy (non-hydrogen) atoms. The maximum absolute atomic E-state index is 16.0. The molecule has 3 fully saturated rings. The molecule has 2 bridgehead atoms. The van der Waals surface area contributed by atoms with Crippen LogP contribution in [0.25, 0.3) is 11.2 Å². The van der Waals surface area contributed by atoms with Crippen LogP contribution in [0.15, 0.2) is 22.6 Å². The summed E-state index contributed by atoms with van der Waals surface area (Å²) in [5.41, 5.74) is 6.17. The molecule has 20 nitrogen and oxygen atoms in total. The van der Waals surface area contributed by atoms with Crippen molar-refractivity contribution >= 4 is 78.6 Å². The van der Waals surface area contributed by atoms with Gasteiger partial charge in [-0.05, 0) is 11.8 Å². The van der Waals surface area contributed by atoms with Gasteiger partial charge in [0.2, 0.25) is 5.96 Å². The summed E-state index contributed by atoms with van der Waals surface area (Å²) in [5, 5.41) is 21.1. The molecule has 25 heteroatoms. The topological polar surface area (TPSA) is 263 Å². The number of nitrogens with one attached hydrogen (secondary N) is 2. The van der Waals surface area contributed by atoms with E-state index in [4.69, 9.17) is 50.5 Å². The molecule has 0 aromatic carbocycles. The second kappa shape index (κ2) is 11.3. The van der Waals surface area contributed by atoms with Crippen LogP contribution in [-0.2, 0) is 48.7 Å². The number of nitrogen functional groups attached to an aromatic ring is 1. The van der Waals surface area contributed by atoms with Crippen LogP contribution in [0, 0.1) is 5.41 Å². The Labute approximate surface area is 261 Å². The fourth-order valence-electron chi connectivity index (χ4n) is 5.36. The monoisotopic (exact) mass is 708 g/mol. The Morgan fingerprint density at radius 1 is 1.16 bits per heavy atom. The van der Waals surface area contributed by atoms with Gasteiger partial charge in [-0.2, -0.15) is 4.99 Å². The third-order valence-electron chi connectivity index (χ3n) is 7.39. The number of thiol groups is 1. The summed E-state index contributed by atoms with van der Waals surface area (Å²) in [7, 11) is 0. The molecule has 2 aromatic rings. The average Bonchev–Trinajstić information content (AvgIpc) is 3.72. The van der Waals surface area contributed by atoms with Crippen molar-refractivity contribution in [2.24, 2.45) is 9.98 Å². The van der Waals surface area contributed by atoms with Gasteiger partial charge in [-0.3, -0.25) is 43.6 Å². The Kier molecular flexibility index (Phi) is 7.82. The molecule has 0 spiro atoms. The van der Waals surface area contributed by atoms with Crippen molar-refractivity contribution in [2.45, 2.75) is 55.2 Å². The van der Waals surface area contributed by atoms with Crippen molar-refractivity contribution in [1.29, 1.82) is 5.41 Å². The second-order valence-electron chi connectivity index (χ2n) is 10.2. The predicted molar refractivity (Wildman–Crippen MR) is 155 cm³/mol. The van der Waals surface area contributed by atoms with Crippen molar-refractivity contribution in [3.63, 3.8) is 0 Å². The van der Waals surface area contributed by atoms with Crippen molar-refractivity contribution < 1.29 is 51.3 Å². The Hall–Kier alpha value is -2.53. The van der Waals surface area contributed by atoms with E-state index in [1.165, 1.54) is 22.1 Å². The van der Waals surface area contributed by atoms with Gasteiger partial charge in [-0.25, -0.2) is 23.9 Å². The minimum absolute atomic E-state index is 0.0240. The Morgan fingerprint density at radius 3 is 2.71 bits per heavy atom. The van der Waals surface area contributed by atoms with Crippen LogP contribution in [0.3, 0.4) is 0 Å². The first-order chi connectivity index (χ1) is 21.3. The van der Waals surface area contributed by atoms with Gasteiger partial charge in [-0.15, -0.1) is 0 Å². The number of carbonyl (C=O) groups is 1. The molecule has 6 N–H and O–H groups in total. The summed E-state index contributed by atoms with van der Waals surface area (Å²) in [6, 6.07) is -1.12. The van der Waals surface area contributed by atoms with E-state index < -0.39 is 93.8 Å². The molecule has 7 rings (SSSR count). The van der Waals surface area contributed by atoms with E-state index in [2.05, 4.69) is 42.5 Å². The number of aliphatic imine (C=N–C) groups is 2. The maximum Gasteiger partial charge on any atom is 0.386 e. The van der Waals surface area contributed by atoms with E-state index in [1.807, 2.05) is 0 Å². The highest BCUT2D eigenvalue weighted by Crippen LogP contribution is 2.58. The number of anilines is 1. The number of aromatic nitrogens is 4. The van der Waals surface area contributed by atoms with Crippen molar-refractivity contribution in [3.8, 4) is 0 Å². The molecule has 7 heterocycles. The number of guanidine groups is 1. The summed E-state index contributed by atoms with van der Waals surface area (Å²) in [5.74, 6) is -1.06. The Bertz CT molecular complexity index is 1740. The van der Waals surface area contributed by atoms with E-state index in [1.54, 1.807) is 0 Å². The zero-order valence-corrected chi connectivity index (χ0v) is 25.8. The van der Waals surface area contributed by atoms with Gasteiger partial charge in [0.25, 0.3) is 5.91 Å². The zero-order valence-electron chi connectivity index (χ0n) is 22.3. The number of aliphatic hydroxyl groups is 1. The Balaban J connectivity index is 1.17. The number of amidine groups is 1. The van der Waals surface area contributed by atoms with Gasteiger partial charge in [0.15, 0.2) is 42.0 Å². The average molecular weight is 709 g/mol. The summed E-state index contributed by atoms with van der Waals surface area (Å²) in [6.07, 6.45) is -8.60. The van der Waals surface area contributed by atoms with Gasteiger partial charge in [0, 0.05) is 0 Å². The van der Waals surface area contributed by atoms with E-state index in [9.17, 15) is 19.4 Å². The molecule has 0 aliphatic carbocycles. The van der Waals surface area contributed by atoms with Crippen LogP contribution >= 0.6 is 25.8 Å². The largest absolute Gasteiger partial charge is 0.387 e. The number of imidazole rings is 1. The van der Waals surface area contributed by atoms with Crippen LogP contribution in [0.4, 0.5) is 10.2 Å². The second-order valence-corrected chi connectivity index (χ2v) is 15.9. The minimum atomic E-state index is -4.41. The normalized spacial score (nSPS) is 42.0. The number of nitrogens with zero attached hydrogens (tertiary/aromatic N) is 7. The molecule has 11 atom stereocenters.